The normalized spacial score (nSPS) is 35.1. The quantitative estimate of drug-likeness (QED) is 0.203. The maximum atomic E-state index is 13.8. The highest BCUT2D eigenvalue weighted by atomic mass is 16.7. The third kappa shape index (κ3) is 5.52. The van der Waals surface area contributed by atoms with Gasteiger partial charge in [-0.15, -0.1) is 0 Å². The summed E-state index contributed by atoms with van der Waals surface area (Å²) in [4.78, 5) is 40.2. The van der Waals surface area contributed by atoms with Gasteiger partial charge in [-0.2, -0.15) is 0 Å². The van der Waals surface area contributed by atoms with Crippen molar-refractivity contribution < 1.29 is 63.6 Å². The van der Waals surface area contributed by atoms with E-state index in [-0.39, 0.29) is 47.3 Å². The number of nitrogens with two attached hydrogens (primary N) is 1. The molecule has 2 aliphatic carbocycles. The summed E-state index contributed by atoms with van der Waals surface area (Å²) < 4.78 is 29.4. The molecule has 10 atom stereocenters. The van der Waals surface area contributed by atoms with E-state index >= 15 is 0 Å². The molecule has 0 saturated carbocycles. The van der Waals surface area contributed by atoms with E-state index in [0.717, 1.165) is 0 Å². The molecule has 4 aliphatic rings. The lowest BCUT2D eigenvalue weighted by Gasteiger charge is -2.44. The number of rotatable bonds is 6. The van der Waals surface area contributed by atoms with Crippen LogP contribution in [-0.2, 0) is 30.2 Å². The fourth-order valence-corrected chi connectivity index (χ4v) is 7.15. The fraction of sp³-hybridized carbons (Fsp3) is 0.545. The van der Waals surface area contributed by atoms with E-state index in [0.29, 0.717) is 0 Å². The average molecular weight is 658 g/mol. The average Bonchev–Trinajstić information content (AvgIpc) is 3.01. The Bertz CT molecular complexity index is 1600. The van der Waals surface area contributed by atoms with E-state index in [1.807, 2.05) is 0 Å². The lowest BCUT2D eigenvalue weighted by Crippen LogP contribution is -2.56. The molecule has 0 radical (unpaired) electrons. The molecule has 2 aromatic carbocycles. The van der Waals surface area contributed by atoms with Gasteiger partial charge in [0.05, 0.1) is 48.2 Å². The number of carbonyl (C=O) groups is 3. The molecule has 0 unspecified atom stereocenters. The smallest absolute Gasteiger partial charge is 0.202 e. The number of hydrogen-bond acceptors (Lipinski definition) is 14. The largest absolute Gasteiger partial charge is 0.507 e. The van der Waals surface area contributed by atoms with Crippen LogP contribution in [0.5, 0.6) is 17.2 Å². The summed E-state index contributed by atoms with van der Waals surface area (Å²) in [5.74, 6) is -3.30. The first-order valence-corrected chi connectivity index (χ1v) is 15.5. The van der Waals surface area contributed by atoms with Crippen molar-refractivity contribution in [2.75, 3.05) is 7.11 Å². The number of aliphatic hydroxyl groups is 3. The Morgan fingerprint density at radius 3 is 2.26 bits per heavy atom. The van der Waals surface area contributed by atoms with Crippen molar-refractivity contribution in [2.45, 2.75) is 107 Å². The molecule has 0 spiro atoms. The first-order chi connectivity index (χ1) is 22.2. The zero-order valence-electron chi connectivity index (χ0n) is 26.3. The van der Waals surface area contributed by atoms with E-state index in [1.165, 1.54) is 32.2 Å². The van der Waals surface area contributed by atoms with Gasteiger partial charge in [-0.1, -0.05) is 12.1 Å². The molecule has 2 aliphatic heterocycles. The zero-order chi connectivity index (χ0) is 34.1. The van der Waals surface area contributed by atoms with E-state index in [9.17, 15) is 39.9 Å². The second-order valence-electron chi connectivity index (χ2n) is 12.8. The summed E-state index contributed by atoms with van der Waals surface area (Å²) in [5, 5.41) is 54.8. The van der Waals surface area contributed by atoms with Gasteiger partial charge in [0, 0.05) is 48.4 Å². The molecule has 6 rings (SSSR count). The number of fused-ring (bicyclic) bond motifs is 3. The Kier molecular flexibility index (Phi) is 8.68. The monoisotopic (exact) mass is 657 g/mol. The molecule has 254 valence electrons. The van der Waals surface area contributed by atoms with E-state index in [1.54, 1.807) is 13.8 Å². The Hall–Kier alpha value is -3.47. The topological polar surface area (TPSA) is 225 Å². The highest BCUT2D eigenvalue weighted by Gasteiger charge is 2.50. The van der Waals surface area contributed by atoms with Crippen LogP contribution in [0.1, 0.15) is 89.1 Å². The molecule has 14 heteroatoms. The zero-order valence-corrected chi connectivity index (χ0v) is 26.3. The van der Waals surface area contributed by atoms with Crippen molar-refractivity contribution >= 4 is 17.3 Å². The first kappa shape index (κ1) is 33.4. The highest BCUT2D eigenvalue weighted by Crippen LogP contribution is 2.52. The molecule has 2 saturated heterocycles. The van der Waals surface area contributed by atoms with Crippen molar-refractivity contribution in [3.63, 3.8) is 0 Å². The van der Waals surface area contributed by atoms with E-state index in [4.69, 9.17) is 29.4 Å². The third-order valence-corrected chi connectivity index (χ3v) is 9.75. The standard InChI is InChI=1S/C33H39NO13/c1-12-27(37)18(36)9-22(44-12)47-32-13(2)45-21(8-17(32)34)46-20-11-33(42,14(3)35)10-16-24(20)31(41)26-25(29(16)39)28(38)15-6-5-7-19(43-4)23(15)30(26)40/h5-7,12-13,17-18,20-22,27,32,36-37,39,41-42H,8-11,34H2,1-4H3/t12-,13-,17-,18-,20+,21+,22+,27+,32+,33-/m1/s1. The van der Waals surface area contributed by atoms with Gasteiger partial charge in [-0.05, 0) is 26.8 Å². The number of ether oxygens (including phenoxy) is 5. The number of methoxy groups -OCH3 is 1. The molecule has 14 nitrogen and oxygen atoms in total. The van der Waals surface area contributed by atoms with Crippen LogP contribution in [-0.4, -0.2) is 105 Å². The van der Waals surface area contributed by atoms with Gasteiger partial charge >= 0.3 is 0 Å². The third-order valence-electron chi connectivity index (χ3n) is 9.75. The van der Waals surface area contributed by atoms with E-state index < -0.39 is 107 Å². The highest BCUT2D eigenvalue weighted by molar-refractivity contribution is 6.31. The number of benzene rings is 2. The lowest BCUT2D eigenvalue weighted by atomic mass is 9.72. The number of aromatic hydroxyl groups is 2. The predicted molar refractivity (Wildman–Crippen MR) is 160 cm³/mol. The van der Waals surface area contributed by atoms with Gasteiger partial charge < -0.3 is 55.0 Å². The summed E-state index contributed by atoms with van der Waals surface area (Å²) in [5.41, 5.74) is 3.27. The Morgan fingerprint density at radius 1 is 0.957 bits per heavy atom. The summed E-state index contributed by atoms with van der Waals surface area (Å²) >= 11 is 0. The van der Waals surface area contributed by atoms with Crippen LogP contribution in [0, 0.1) is 0 Å². The maximum Gasteiger partial charge on any atom is 0.202 e. The Labute approximate surface area is 269 Å². The minimum absolute atomic E-state index is 0.0223. The molecule has 0 aromatic heterocycles. The minimum atomic E-state index is -2.05. The maximum absolute atomic E-state index is 13.8. The van der Waals surface area contributed by atoms with Gasteiger partial charge in [-0.3, -0.25) is 14.4 Å². The molecule has 2 heterocycles. The molecule has 2 aromatic rings. The van der Waals surface area contributed by atoms with Crippen LogP contribution in [0.3, 0.4) is 0 Å². The van der Waals surface area contributed by atoms with Crippen LogP contribution >= 0.6 is 0 Å². The van der Waals surface area contributed by atoms with Gasteiger partial charge in [0.15, 0.2) is 24.1 Å². The Balaban J connectivity index is 1.33. The van der Waals surface area contributed by atoms with Crippen molar-refractivity contribution in [2.24, 2.45) is 5.73 Å². The number of ketones is 3. The number of phenols is 2. The summed E-state index contributed by atoms with van der Waals surface area (Å²) in [6.45, 7) is 4.48. The molecule has 47 heavy (non-hydrogen) atoms. The van der Waals surface area contributed by atoms with Crippen molar-refractivity contribution in [3.8, 4) is 17.2 Å². The second-order valence-corrected chi connectivity index (χ2v) is 12.8. The first-order valence-electron chi connectivity index (χ1n) is 15.5. The Morgan fingerprint density at radius 2 is 1.62 bits per heavy atom. The lowest BCUT2D eigenvalue weighted by molar-refractivity contribution is -0.302. The summed E-state index contributed by atoms with van der Waals surface area (Å²) in [7, 11) is 1.33. The minimum Gasteiger partial charge on any atom is -0.507 e. The van der Waals surface area contributed by atoms with Gasteiger partial charge in [0.2, 0.25) is 5.78 Å². The fourth-order valence-electron chi connectivity index (χ4n) is 7.15. The molecule has 0 bridgehead atoms. The number of phenolic OH excluding ortho intramolecular Hbond substituents is 2. The molecular weight excluding hydrogens is 618 g/mol. The number of carbonyl (C=O) groups excluding carboxylic acids is 3. The van der Waals surface area contributed by atoms with Crippen molar-refractivity contribution in [1.82, 2.24) is 0 Å². The molecule has 7 N–H and O–H groups in total. The van der Waals surface area contributed by atoms with E-state index in [2.05, 4.69) is 0 Å². The summed E-state index contributed by atoms with van der Waals surface area (Å²) in [6, 6.07) is 3.74. The summed E-state index contributed by atoms with van der Waals surface area (Å²) in [6.07, 6.45) is -8.10. The van der Waals surface area contributed by atoms with Crippen molar-refractivity contribution in [3.05, 3.63) is 51.6 Å². The van der Waals surface area contributed by atoms with Crippen LogP contribution in [0.15, 0.2) is 18.2 Å². The van der Waals surface area contributed by atoms with Gasteiger partial charge in [0.25, 0.3) is 0 Å². The molecule has 2 fully saturated rings. The van der Waals surface area contributed by atoms with Crippen LogP contribution < -0.4 is 10.5 Å². The SMILES string of the molecule is COc1cccc2c1C(=O)c1c(O)c3c(c(O)c1C2=O)C[C@](O)(C(C)=O)C[C@@H]3O[C@H]1C[C@@H](N)[C@@H](O[C@H]2C[C@@H](O)[C@@H](O)[C@@H](C)O2)[C@@H](C)O1. The van der Waals surface area contributed by atoms with Gasteiger partial charge in [0.1, 0.15) is 35.1 Å². The molecular formula is C33H39NO13. The number of Topliss-reactive ketones (excluding diaryl/α,β-unsaturated/α-hetero) is 1. The predicted octanol–water partition coefficient (Wildman–Crippen LogP) is 0.910. The van der Waals surface area contributed by atoms with Crippen LogP contribution in [0.2, 0.25) is 0 Å². The van der Waals surface area contributed by atoms with Crippen molar-refractivity contribution in [1.29, 1.82) is 0 Å². The molecule has 0 amide bonds. The second kappa shape index (κ2) is 12.2. The number of aliphatic hydroxyl groups excluding tert-OH is 2. The number of hydrogen-bond donors (Lipinski definition) is 6. The van der Waals surface area contributed by atoms with Crippen LogP contribution in [0.25, 0.3) is 0 Å². The van der Waals surface area contributed by atoms with Crippen LogP contribution in [0.4, 0.5) is 0 Å². The van der Waals surface area contributed by atoms with Gasteiger partial charge in [-0.25, -0.2) is 0 Å².